The second-order valence-corrected chi connectivity index (χ2v) is 5.09. The van der Waals surface area contributed by atoms with E-state index in [0.717, 1.165) is 17.8 Å². The summed E-state index contributed by atoms with van der Waals surface area (Å²) in [5.41, 5.74) is 3.38. The van der Waals surface area contributed by atoms with Gasteiger partial charge in [0.2, 0.25) is 0 Å². The number of halogens is 2. The highest BCUT2D eigenvalue weighted by Crippen LogP contribution is 2.16. The molecular formula is C13H15BrFN3. The average molecular weight is 312 g/mol. The number of hydrogen-bond donors (Lipinski definition) is 1. The van der Waals surface area contributed by atoms with E-state index in [-0.39, 0.29) is 5.82 Å². The molecule has 0 unspecified atom stereocenters. The van der Waals surface area contributed by atoms with Crippen LogP contribution < -0.4 is 5.32 Å². The van der Waals surface area contributed by atoms with Gasteiger partial charge in [-0.15, -0.1) is 0 Å². The van der Waals surface area contributed by atoms with Crippen LogP contribution in [0.5, 0.6) is 0 Å². The van der Waals surface area contributed by atoms with E-state index in [1.807, 2.05) is 24.9 Å². The SMILES string of the molecule is Cc1c(CNCc2ccc(F)c(Br)c2)cnn1C. The summed E-state index contributed by atoms with van der Waals surface area (Å²) in [5.74, 6) is -0.234. The largest absolute Gasteiger partial charge is 0.308 e. The molecule has 0 aliphatic heterocycles. The molecule has 0 amide bonds. The van der Waals surface area contributed by atoms with E-state index in [1.165, 1.54) is 11.6 Å². The molecule has 0 saturated heterocycles. The Morgan fingerprint density at radius 2 is 2.17 bits per heavy atom. The summed E-state index contributed by atoms with van der Waals surface area (Å²) in [4.78, 5) is 0. The summed E-state index contributed by atoms with van der Waals surface area (Å²) in [6, 6.07) is 5.04. The summed E-state index contributed by atoms with van der Waals surface area (Å²) >= 11 is 3.18. The lowest BCUT2D eigenvalue weighted by molar-refractivity contribution is 0.618. The number of hydrogen-bond acceptors (Lipinski definition) is 2. The first-order valence-electron chi connectivity index (χ1n) is 5.70. The third-order valence-electron chi connectivity index (χ3n) is 2.97. The first kappa shape index (κ1) is 13.2. The molecule has 0 aliphatic carbocycles. The molecule has 0 bridgehead atoms. The Morgan fingerprint density at radius 3 is 2.78 bits per heavy atom. The molecule has 18 heavy (non-hydrogen) atoms. The molecular weight excluding hydrogens is 297 g/mol. The first-order chi connectivity index (χ1) is 8.58. The molecule has 1 aromatic carbocycles. The van der Waals surface area contributed by atoms with Gasteiger partial charge in [0.1, 0.15) is 5.82 Å². The van der Waals surface area contributed by atoms with Crippen LogP contribution in [0.15, 0.2) is 28.9 Å². The van der Waals surface area contributed by atoms with Crippen LogP contribution >= 0.6 is 15.9 Å². The van der Waals surface area contributed by atoms with Crippen molar-refractivity contribution in [3.63, 3.8) is 0 Å². The summed E-state index contributed by atoms with van der Waals surface area (Å²) in [7, 11) is 1.93. The molecule has 0 saturated carbocycles. The minimum absolute atomic E-state index is 0.234. The molecule has 3 nitrogen and oxygen atoms in total. The molecule has 2 rings (SSSR count). The van der Waals surface area contributed by atoms with Crippen molar-refractivity contribution in [3.05, 3.63) is 51.5 Å². The van der Waals surface area contributed by atoms with Gasteiger partial charge < -0.3 is 5.32 Å². The van der Waals surface area contributed by atoms with Crippen LogP contribution in [0.1, 0.15) is 16.8 Å². The highest BCUT2D eigenvalue weighted by molar-refractivity contribution is 9.10. The van der Waals surface area contributed by atoms with Gasteiger partial charge >= 0.3 is 0 Å². The topological polar surface area (TPSA) is 29.9 Å². The molecule has 0 aliphatic rings. The molecule has 0 fully saturated rings. The zero-order valence-corrected chi connectivity index (χ0v) is 12.0. The quantitative estimate of drug-likeness (QED) is 0.941. The van der Waals surface area contributed by atoms with Crippen LogP contribution in [0.3, 0.4) is 0 Å². The van der Waals surface area contributed by atoms with Gasteiger partial charge in [0, 0.05) is 31.4 Å². The van der Waals surface area contributed by atoms with Crippen LogP contribution in [-0.2, 0) is 20.1 Å². The van der Waals surface area contributed by atoms with Crippen molar-refractivity contribution in [2.45, 2.75) is 20.0 Å². The molecule has 2 aromatic rings. The molecule has 5 heteroatoms. The summed E-state index contributed by atoms with van der Waals surface area (Å²) in [6.07, 6.45) is 1.86. The Labute approximate surface area is 114 Å². The fourth-order valence-electron chi connectivity index (χ4n) is 1.71. The van der Waals surface area contributed by atoms with Crippen molar-refractivity contribution in [2.24, 2.45) is 7.05 Å². The second-order valence-electron chi connectivity index (χ2n) is 4.23. The smallest absolute Gasteiger partial charge is 0.137 e. The molecule has 1 aromatic heterocycles. The van der Waals surface area contributed by atoms with Crippen molar-refractivity contribution >= 4 is 15.9 Å². The third kappa shape index (κ3) is 2.97. The predicted octanol–water partition coefficient (Wildman–Crippen LogP) is 2.92. The Morgan fingerprint density at radius 1 is 1.39 bits per heavy atom. The normalized spacial score (nSPS) is 10.9. The molecule has 0 atom stereocenters. The summed E-state index contributed by atoms with van der Waals surface area (Å²) in [6.45, 7) is 3.50. The van der Waals surface area contributed by atoms with Crippen LogP contribution in [0, 0.1) is 12.7 Å². The van der Waals surface area contributed by atoms with Crippen molar-refractivity contribution in [3.8, 4) is 0 Å². The number of nitrogens with zero attached hydrogens (tertiary/aromatic N) is 2. The lowest BCUT2D eigenvalue weighted by Gasteiger charge is -2.05. The maximum Gasteiger partial charge on any atom is 0.137 e. The van der Waals surface area contributed by atoms with Gasteiger partial charge in [-0.2, -0.15) is 5.10 Å². The van der Waals surface area contributed by atoms with Crippen molar-refractivity contribution in [2.75, 3.05) is 0 Å². The fraction of sp³-hybridized carbons (Fsp3) is 0.308. The van der Waals surface area contributed by atoms with E-state index >= 15 is 0 Å². The highest BCUT2D eigenvalue weighted by Gasteiger charge is 2.04. The van der Waals surface area contributed by atoms with E-state index in [0.29, 0.717) is 11.0 Å². The van der Waals surface area contributed by atoms with Crippen LogP contribution in [0.4, 0.5) is 4.39 Å². The van der Waals surface area contributed by atoms with E-state index in [9.17, 15) is 4.39 Å². The Balaban J connectivity index is 1.92. The minimum Gasteiger partial charge on any atom is -0.308 e. The van der Waals surface area contributed by atoms with E-state index < -0.39 is 0 Å². The Hall–Kier alpha value is -1.20. The zero-order chi connectivity index (χ0) is 13.1. The Bertz CT molecular complexity index is 551. The van der Waals surface area contributed by atoms with Crippen molar-refractivity contribution < 1.29 is 4.39 Å². The number of benzene rings is 1. The zero-order valence-electron chi connectivity index (χ0n) is 10.4. The fourth-order valence-corrected chi connectivity index (χ4v) is 2.14. The monoisotopic (exact) mass is 311 g/mol. The Kier molecular flexibility index (Phi) is 4.14. The number of aryl methyl sites for hydroxylation is 1. The maximum absolute atomic E-state index is 13.1. The van der Waals surface area contributed by atoms with Gasteiger partial charge in [0.15, 0.2) is 0 Å². The maximum atomic E-state index is 13.1. The second kappa shape index (κ2) is 5.63. The first-order valence-corrected chi connectivity index (χ1v) is 6.49. The van der Waals surface area contributed by atoms with Gasteiger partial charge in [-0.3, -0.25) is 4.68 Å². The number of aromatic nitrogens is 2. The molecule has 1 heterocycles. The van der Waals surface area contributed by atoms with Gasteiger partial charge in [-0.1, -0.05) is 6.07 Å². The van der Waals surface area contributed by atoms with E-state index in [4.69, 9.17) is 0 Å². The molecule has 96 valence electrons. The number of rotatable bonds is 4. The van der Waals surface area contributed by atoms with Gasteiger partial charge in [0.05, 0.1) is 10.7 Å². The van der Waals surface area contributed by atoms with Crippen molar-refractivity contribution in [1.29, 1.82) is 0 Å². The standard InChI is InChI=1S/C13H15BrFN3/c1-9-11(8-17-18(9)2)7-16-6-10-3-4-13(15)12(14)5-10/h3-5,8,16H,6-7H2,1-2H3. The predicted molar refractivity (Wildman–Crippen MR) is 72.6 cm³/mol. The van der Waals surface area contributed by atoms with Crippen LogP contribution in [-0.4, -0.2) is 9.78 Å². The van der Waals surface area contributed by atoms with Crippen LogP contribution in [0.2, 0.25) is 0 Å². The van der Waals surface area contributed by atoms with Crippen molar-refractivity contribution in [1.82, 2.24) is 15.1 Å². The van der Waals surface area contributed by atoms with Gasteiger partial charge in [-0.05, 0) is 40.5 Å². The van der Waals surface area contributed by atoms with Crippen LogP contribution in [0.25, 0.3) is 0 Å². The van der Waals surface area contributed by atoms with Gasteiger partial charge in [-0.25, -0.2) is 4.39 Å². The van der Waals surface area contributed by atoms with Gasteiger partial charge in [0.25, 0.3) is 0 Å². The molecule has 0 spiro atoms. The minimum atomic E-state index is -0.234. The summed E-state index contributed by atoms with van der Waals surface area (Å²) in [5, 5.41) is 7.51. The molecule has 0 radical (unpaired) electrons. The molecule has 1 N–H and O–H groups in total. The average Bonchev–Trinajstić information content (AvgIpc) is 2.66. The third-order valence-corrected chi connectivity index (χ3v) is 3.57. The van der Waals surface area contributed by atoms with E-state index in [1.54, 1.807) is 12.1 Å². The summed E-state index contributed by atoms with van der Waals surface area (Å²) < 4.78 is 15.4. The van der Waals surface area contributed by atoms with E-state index in [2.05, 4.69) is 26.3 Å². The number of nitrogens with one attached hydrogen (secondary N) is 1. The lowest BCUT2D eigenvalue weighted by Crippen LogP contribution is -2.13. The lowest BCUT2D eigenvalue weighted by atomic mass is 10.2. The highest BCUT2D eigenvalue weighted by atomic mass is 79.9.